The Hall–Kier alpha value is -1.50. The van der Waals surface area contributed by atoms with Crippen LogP contribution in [0.1, 0.15) is 19.8 Å². The molecule has 0 bridgehead atoms. The van der Waals surface area contributed by atoms with Crippen LogP contribution in [0.3, 0.4) is 0 Å². The van der Waals surface area contributed by atoms with Crippen molar-refractivity contribution in [2.24, 2.45) is 0 Å². The minimum Gasteiger partial charge on any atom is -0.496 e. The van der Waals surface area contributed by atoms with Crippen LogP contribution >= 0.6 is 22.6 Å². The molecule has 0 heterocycles. The molecule has 1 aliphatic carbocycles. The van der Waals surface area contributed by atoms with Gasteiger partial charge in [0.1, 0.15) is 18.5 Å². The molecule has 0 N–H and O–H groups in total. The molecule has 1 aromatic carbocycles. The van der Waals surface area contributed by atoms with Crippen molar-refractivity contribution in [3.05, 3.63) is 51.8 Å². The van der Waals surface area contributed by atoms with E-state index in [0.717, 1.165) is 27.7 Å². The maximum atomic E-state index is 11.2. The van der Waals surface area contributed by atoms with Crippen LogP contribution in [0.2, 0.25) is 0 Å². The standard InChI is InChI=1S/C17H19IO4/c1-2-21-17(19)10-11-20-12-13-6-5-9-15(13)22-16-8-4-3-7-14(16)18/h3-4,6-8,10-11,15H,2,5,9,12H2,1H3/b11-10+. The fourth-order valence-corrected chi connectivity index (χ4v) is 2.67. The fourth-order valence-electron chi connectivity index (χ4n) is 2.16. The Kier molecular flexibility index (Phi) is 6.76. The molecule has 0 spiro atoms. The van der Waals surface area contributed by atoms with Crippen molar-refractivity contribution in [3.63, 3.8) is 0 Å². The summed E-state index contributed by atoms with van der Waals surface area (Å²) in [4.78, 5) is 11.2. The first kappa shape index (κ1) is 16.9. The number of rotatable bonds is 7. The van der Waals surface area contributed by atoms with E-state index in [9.17, 15) is 4.79 Å². The molecule has 1 atom stereocenters. The number of hydrogen-bond donors (Lipinski definition) is 0. The molecular formula is C17H19IO4. The predicted octanol–water partition coefficient (Wildman–Crippen LogP) is 3.85. The summed E-state index contributed by atoms with van der Waals surface area (Å²) >= 11 is 2.27. The molecule has 0 fully saturated rings. The zero-order valence-corrected chi connectivity index (χ0v) is 14.6. The first-order valence-electron chi connectivity index (χ1n) is 7.25. The highest BCUT2D eigenvalue weighted by Crippen LogP contribution is 2.28. The molecule has 0 amide bonds. The number of para-hydroxylation sites is 1. The lowest BCUT2D eigenvalue weighted by atomic mass is 10.2. The third-order valence-corrected chi connectivity index (χ3v) is 4.08. The van der Waals surface area contributed by atoms with E-state index in [2.05, 4.69) is 28.7 Å². The molecule has 0 radical (unpaired) electrons. The van der Waals surface area contributed by atoms with Crippen molar-refractivity contribution in [1.29, 1.82) is 0 Å². The lowest BCUT2D eigenvalue weighted by Gasteiger charge is -2.18. The van der Waals surface area contributed by atoms with Gasteiger partial charge in [0, 0.05) is 5.57 Å². The largest absolute Gasteiger partial charge is 0.496 e. The number of carbonyl (C=O) groups excluding carboxylic acids is 1. The maximum Gasteiger partial charge on any atom is 0.333 e. The smallest absolute Gasteiger partial charge is 0.333 e. The van der Waals surface area contributed by atoms with Crippen LogP contribution in [0, 0.1) is 3.57 Å². The number of carbonyl (C=O) groups is 1. The van der Waals surface area contributed by atoms with E-state index < -0.39 is 5.97 Å². The Bertz CT molecular complexity index is 566. The van der Waals surface area contributed by atoms with Gasteiger partial charge in [-0.25, -0.2) is 4.79 Å². The third-order valence-electron chi connectivity index (χ3n) is 3.19. The summed E-state index contributed by atoms with van der Waals surface area (Å²) in [7, 11) is 0. The summed E-state index contributed by atoms with van der Waals surface area (Å²) in [6.07, 6.45) is 6.76. The van der Waals surface area contributed by atoms with Crippen molar-refractivity contribution >= 4 is 28.6 Å². The monoisotopic (exact) mass is 414 g/mol. The normalized spacial score (nSPS) is 17.4. The van der Waals surface area contributed by atoms with Gasteiger partial charge in [0.05, 0.1) is 22.5 Å². The summed E-state index contributed by atoms with van der Waals surface area (Å²) < 4.78 is 17.3. The second-order valence-electron chi connectivity index (χ2n) is 4.76. The summed E-state index contributed by atoms with van der Waals surface area (Å²) in [6, 6.07) is 7.95. The Balaban J connectivity index is 1.84. The fraction of sp³-hybridized carbons (Fsp3) is 0.353. The van der Waals surface area contributed by atoms with Crippen LogP contribution in [-0.2, 0) is 14.3 Å². The van der Waals surface area contributed by atoms with Crippen LogP contribution in [0.25, 0.3) is 0 Å². The van der Waals surface area contributed by atoms with E-state index in [1.165, 1.54) is 12.3 Å². The molecule has 0 saturated heterocycles. The van der Waals surface area contributed by atoms with Crippen LogP contribution in [0.5, 0.6) is 5.75 Å². The average molecular weight is 414 g/mol. The van der Waals surface area contributed by atoms with Gasteiger partial charge in [-0.05, 0) is 54.5 Å². The zero-order chi connectivity index (χ0) is 15.8. The first-order valence-corrected chi connectivity index (χ1v) is 8.33. The minimum absolute atomic E-state index is 0.0342. The van der Waals surface area contributed by atoms with Crippen molar-refractivity contribution in [2.45, 2.75) is 25.9 Å². The molecule has 118 valence electrons. The van der Waals surface area contributed by atoms with Gasteiger partial charge in [0.2, 0.25) is 0 Å². The highest BCUT2D eigenvalue weighted by Gasteiger charge is 2.21. The molecular weight excluding hydrogens is 395 g/mol. The van der Waals surface area contributed by atoms with Crippen molar-refractivity contribution < 1.29 is 19.0 Å². The second-order valence-corrected chi connectivity index (χ2v) is 5.92. The van der Waals surface area contributed by atoms with Crippen molar-refractivity contribution in [2.75, 3.05) is 13.2 Å². The van der Waals surface area contributed by atoms with E-state index in [0.29, 0.717) is 13.2 Å². The summed E-state index contributed by atoms with van der Waals surface area (Å²) in [5.41, 5.74) is 1.10. The van der Waals surface area contributed by atoms with Gasteiger partial charge in [0.15, 0.2) is 0 Å². The van der Waals surface area contributed by atoms with Gasteiger partial charge in [-0.1, -0.05) is 18.2 Å². The lowest BCUT2D eigenvalue weighted by Crippen LogP contribution is -2.18. The molecule has 0 aromatic heterocycles. The van der Waals surface area contributed by atoms with E-state index in [1.54, 1.807) is 6.92 Å². The SMILES string of the molecule is CCOC(=O)/C=C/OCC1=CCCC1Oc1ccccc1I. The molecule has 1 unspecified atom stereocenters. The van der Waals surface area contributed by atoms with E-state index in [1.807, 2.05) is 24.3 Å². The Labute approximate surface area is 144 Å². The van der Waals surface area contributed by atoms with Gasteiger partial charge in [-0.2, -0.15) is 0 Å². The number of esters is 1. The first-order chi connectivity index (χ1) is 10.7. The maximum absolute atomic E-state index is 11.2. The number of benzene rings is 1. The highest BCUT2D eigenvalue weighted by molar-refractivity contribution is 14.1. The Morgan fingerprint density at radius 3 is 3.00 bits per heavy atom. The number of hydrogen-bond acceptors (Lipinski definition) is 4. The molecule has 2 rings (SSSR count). The van der Waals surface area contributed by atoms with E-state index >= 15 is 0 Å². The van der Waals surface area contributed by atoms with E-state index in [-0.39, 0.29) is 6.10 Å². The number of ether oxygens (including phenoxy) is 3. The van der Waals surface area contributed by atoms with Gasteiger partial charge >= 0.3 is 5.97 Å². The zero-order valence-electron chi connectivity index (χ0n) is 12.5. The number of halogens is 1. The molecule has 22 heavy (non-hydrogen) atoms. The van der Waals surface area contributed by atoms with Gasteiger partial charge in [0.25, 0.3) is 0 Å². The van der Waals surface area contributed by atoms with E-state index in [4.69, 9.17) is 14.2 Å². The molecule has 1 aliphatic rings. The van der Waals surface area contributed by atoms with Gasteiger partial charge in [-0.3, -0.25) is 0 Å². The highest BCUT2D eigenvalue weighted by atomic mass is 127. The van der Waals surface area contributed by atoms with Crippen molar-refractivity contribution in [3.8, 4) is 5.75 Å². The topological polar surface area (TPSA) is 44.8 Å². The average Bonchev–Trinajstić information content (AvgIpc) is 2.94. The van der Waals surface area contributed by atoms with Crippen LogP contribution in [-0.4, -0.2) is 25.3 Å². The van der Waals surface area contributed by atoms with Crippen LogP contribution in [0.15, 0.2) is 48.3 Å². The van der Waals surface area contributed by atoms with Crippen LogP contribution in [0.4, 0.5) is 0 Å². The third kappa shape index (κ3) is 5.05. The molecule has 4 nitrogen and oxygen atoms in total. The summed E-state index contributed by atoms with van der Waals surface area (Å²) in [6.45, 7) is 2.55. The molecule has 1 aromatic rings. The Morgan fingerprint density at radius 2 is 2.23 bits per heavy atom. The lowest BCUT2D eigenvalue weighted by molar-refractivity contribution is -0.137. The van der Waals surface area contributed by atoms with Gasteiger partial charge in [-0.15, -0.1) is 0 Å². The number of allylic oxidation sites excluding steroid dienone is 1. The van der Waals surface area contributed by atoms with Crippen molar-refractivity contribution in [1.82, 2.24) is 0 Å². The summed E-state index contributed by atoms with van der Waals surface area (Å²) in [5.74, 6) is 0.498. The predicted molar refractivity (Wildman–Crippen MR) is 92.6 cm³/mol. The summed E-state index contributed by atoms with van der Waals surface area (Å²) in [5, 5.41) is 0. The second kappa shape index (κ2) is 8.82. The molecule has 0 aliphatic heterocycles. The minimum atomic E-state index is -0.394. The van der Waals surface area contributed by atoms with Gasteiger partial charge < -0.3 is 14.2 Å². The van der Waals surface area contributed by atoms with Crippen LogP contribution < -0.4 is 4.74 Å². The molecule has 0 saturated carbocycles. The molecule has 5 heteroatoms. The Morgan fingerprint density at radius 1 is 1.41 bits per heavy atom. The quantitative estimate of drug-likeness (QED) is 0.224.